The lowest BCUT2D eigenvalue weighted by Gasteiger charge is -2.12. The molecule has 0 spiro atoms. The number of hydrogen-bond acceptors (Lipinski definition) is 5. The zero-order valence-corrected chi connectivity index (χ0v) is 9.66. The second-order valence-electron chi connectivity index (χ2n) is 3.40. The molecule has 0 aliphatic rings. The maximum atomic E-state index is 13.6. The number of aromatic nitrogens is 1. The third-order valence-corrected chi connectivity index (χ3v) is 2.33. The summed E-state index contributed by atoms with van der Waals surface area (Å²) in [5.41, 5.74) is 5.51. The van der Waals surface area contributed by atoms with E-state index in [-0.39, 0.29) is 28.6 Å². The first-order valence-electron chi connectivity index (χ1n) is 4.91. The van der Waals surface area contributed by atoms with Gasteiger partial charge >= 0.3 is 0 Å². The number of ether oxygens (including phenoxy) is 2. The van der Waals surface area contributed by atoms with Gasteiger partial charge in [-0.1, -0.05) is 5.16 Å². The number of methoxy groups -OCH3 is 2. The summed E-state index contributed by atoms with van der Waals surface area (Å²) in [4.78, 5) is 0. The lowest BCUT2D eigenvalue weighted by atomic mass is 10.1. The Morgan fingerprint density at radius 2 is 1.67 bits per heavy atom. The van der Waals surface area contributed by atoms with Crippen LogP contribution < -0.4 is 15.2 Å². The molecule has 18 heavy (non-hydrogen) atoms. The molecule has 0 atom stereocenters. The van der Waals surface area contributed by atoms with Crippen molar-refractivity contribution < 1.29 is 22.8 Å². The van der Waals surface area contributed by atoms with Crippen molar-refractivity contribution in [3.05, 3.63) is 23.8 Å². The highest BCUT2D eigenvalue weighted by Crippen LogP contribution is 2.41. The fourth-order valence-corrected chi connectivity index (χ4v) is 1.62. The van der Waals surface area contributed by atoms with Gasteiger partial charge in [-0.15, -0.1) is 0 Å². The van der Waals surface area contributed by atoms with Crippen LogP contribution in [0.5, 0.6) is 11.5 Å². The average Bonchev–Trinajstić information content (AvgIpc) is 2.74. The predicted molar refractivity (Wildman–Crippen MR) is 59.4 cm³/mol. The molecule has 0 aliphatic carbocycles. The Hall–Kier alpha value is -2.31. The quantitative estimate of drug-likeness (QED) is 0.911. The molecule has 5 nitrogen and oxygen atoms in total. The molecule has 2 rings (SSSR count). The number of nitrogens with two attached hydrogens (primary N) is 1. The zero-order valence-electron chi connectivity index (χ0n) is 9.66. The maximum Gasteiger partial charge on any atom is 0.222 e. The van der Waals surface area contributed by atoms with E-state index in [1.165, 1.54) is 20.3 Å². The van der Waals surface area contributed by atoms with Crippen LogP contribution in [0.4, 0.5) is 14.7 Å². The number of halogens is 2. The zero-order chi connectivity index (χ0) is 13.3. The van der Waals surface area contributed by atoms with Crippen molar-refractivity contribution in [2.75, 3.05) is 20.0 Å². The lowest BCUT2D eigenvalue weighted by Crippen LogP contribution is -1.99. The lowest BCUT2D eigenvalue weighted by molar-refractivity contribution is 0.360. The molecule has 0 aliphatic heterocycles. The van der Waals surface area contributed by atoms with Gasteiger partial charge in [-0.05, 0) is 0 Å². The van der Waals surface area contributed by atoms with E-state index >= 15 is 0 Å². The van der Waals surface area contributed by atoms with Crippen LogP contribution in [0.25, 0.3) is 11.3 Å². The summed E-state index contributed by atoms with van der Waals surface area (Å²) in [7, 11) is 2.51. The SMILES string of the molecule is COc1c(F)cc(F)c(OC)c1-c1cc(N)on1. The van der Waals surface area contributed by atoms with Crippen LogP contribution in [0.1, 0.15) is 0 Å². The molecular weight excluding hydrogens is 246 g/mol. The van der Waals surface area contributed by atoms with Crippen LogP contribution in [0.3, 0.4) is 0 Å². The van der Waals surface area contributed by atoms with Crippen molar-refractivity contribution in [2.45, 2.75) is 0 Å². The molecule has 1 aromatic carbocycles. The molecule has 96 valence electrons. The van der Waals surface area contributed by atoms with Gasteiger partial charge in [0.25, 0.3) is 0 Å². The molecule has 2 N–H and O–H groups in total. The molecule has 0 unspecified atom stereocenters. The Balaban J connectivity index is 2.76. The first kappa shape index (κ1) is 12.2. The highest BCUT2D eigenvalue weighted by Gasteiger charge is 2.24. The van der Waals surface area contributed by atoms with Crippen molar-refractivity contribution >= 4 is 5.88 Å². The number of hydrogen-bond donors (Lipinski definition) is 1. The Bertz CT molecular complexity index is 556. The maximum absolute atomic E-state index is 13.6. The number of benzene rings is 1. The van der Waals surface area contributed by atoms with Crippen LogP contribution in [0.15, 0.2) is 16.7 Å². The van der Waals surface area contributed by atoms with Gasteiger partial charge in [0.1, 0.15) is 5.69 Å². The molecule has 0 fully saturated rings. The van der Waals surface area contributed by atoms with Gasteiger partial charge in [0.2, 0.25) is 5.88 Å². The summed E-state index contributed by atoms with van der Waals surface area (Å²) in [5.74, 6) is -2.11. The summed E-state index contributed by atoms with van der Waals surface area (Å²) in [5, 5.41) is 3.59. The van der Waals surface area contributed by atoms with Gasteiger partial charge in [0, 0.05) is 12.1 Å². The van der Waals surface area contributed by atoms with Crippen molar-refractivity contribution in [3.8, 4) is 22.8 Å². The van der Waals surface area contributed by atoms with E-state index in [1.807, 2.05) is 0 Å². The summed E-state index contributed by atoms with van der Waals surface area (Å²) in [6, 6.07) is 1.99. The standard InChI is InChI=1S/C11H10F2N2O3/c1-16-10-5(12)3-6(13)11(17-2)9(10)7-4-8(14)18-15-7/h3-4H,14H2,1-2H3. The van der Waals surface area contributed by atoms with E-state index in [0.717, 1.165) is 0 Å². The number of anilines is 1. The second kappa shape index (κ2) is 4.52. The Morgan fingerprint density at radius 1 is 1.11 bits per heavy atom. The van der Waals surface area contributed by atoms with Crippen LogP contribution in [-0.4, -0.2) is 19.4 Å². The van der Waals surface area contributed by atoms with Crippen LogP contribution >= 0.6 is 0 Å². The second-order valence-corrected chi connectivity index (χ2v) is 3.40. The van der Waals surface area contributed by atoms with Gasteiger partial charge in [0.15, 0.2) is 23.1 Å². The minimum absolute atomic E-state index is 0.0120. The normalized spacial score (nSPS) is 10.4. The number of nitrogen functional groups attached to an aromatic ring is 1. The number of rotatable bonds is 3. The van der Waals surface area contributed by atoms with E-state index in [0.29, 0.717) is 6.07 Å². The van der Waals surface area contributed by atoms with Crippen molar-refractivity contribution in [1.82, 2.24) is 5.16 Å². The third-order valence-electron chi connectivity index (χ3n) is 2.33. The first-order valence-corrected chi connectivity index (χ1v) is 4.91. The highest BCUT2D eigenvalue weighted by atomic mass is 19.1. The fourth-order valence-electron chi connectivity index (χ4n) is 1.62. The molecule has 0 saturated heterocycles. The largest absolute Gasteiger partial charge is 0.493 e. The summed E-state index contributed by atoms with van der Waals surface area (Å²) >= 11 is 0. The molecule has 0 amide bonds. The highest BCUT2D eigenvalue weighted by molar-refractivity contribution is 5.75. The predicted octanol–water partition coefficient (Wildman–Crippen LogP) is 2.22. The van der Waals surface area contributed by atoms with Crippen LogP contribution in [0, 0.1) is 11.6 Å². The van der Waals surface area contributed by atoms with Gasteiger partial charge in [0.05, 0.1) is 19.8 Å². The molecule has 1 aromatic heterocycles. The molecule has 7 heteroatoms. The minimum Gasteiger partial charge on any atom is -0.493 e. The van der Waals surface area contributed by atoms with Gasteiger partial charge in [-0.2, -0.15) is 0 Å². The molecule has 0 radical (unpaired) electrons. The Kier molecular flexibility index (Phi) is 3.05. The summed E-state index contributed by atoms with van der Waals surface area (Å²) in [6.45, 7) is 0. The fraction of sp³-hybridized carbons (Fsp3) is 0.182. The Labute approximate surface area is 101 Å². The van der Waals surface area contributed by atoms with E-state index < -0.39 is 11.6 Å². The van der Waals surface area contributed by atoms with Crippen LogP contribution in [0.2, 0.25) is 0 Å². The summed E-state index contributed by atoms with van der Waals surface area (Å²) in [6.07, 6.45) is 0. The van der Waals surface area contributed by atoms with Crippen LogP contribution in [-0.2, 0) is 0 Å². The number of nitrogens with zero attached hydrogens (tertiary/aromatic N) is 1. The van der Waals surface area contributed by atoms with E-state index in [4.69, 9.17) is 15.2 Å². The molecular formula is C11H10F2N2O3. The van der Waals surface area contributed by atoms with Crippen molar-refractivity contribution in [1.29, 1.82) is 0 Å². The molecule has 0 saturated carbocycles. The monoisotopic (exact) mass is 256 g/mol. The Morgan fingerprint density at radius 3 is 2.06 bits per heavy atom. The van der Waals surface area contributed by atoms with Gasteiger partial charge in [-0.3, -0.25) is 0 Å². The molecule has 0 bridgehead atoms. The average molecular weight is 256 g/mol. The van der Waals surface area contributed by atoms with Gasteiger partial charge < -0.3 is 19.7 Å². The van der Waals surface area contributed by atoms with Crippen molar-refractivity contribution in [3.63, 3.8) is 0 Å². The molecule has 1 heterocycles. The van der Waals surface area contributed by atoms with E-state index in [9.17, 15) is 8.78 Å². The summed E-state index contributed by atoms with van der Waals surface area (Å²) < 4.78 is 41.7. The third kappa shape index (κ3) is 1.83. The molecule has 2 aromatic rings. The van der Waals surface area contributed by atoms with Gasteiger partial charge in [-0.25, -0.2) is 8.78 Å². The van der Waals surface area contributed by atoms with Crippen molar-refractivity contribution in [2.24, 2.45) is 0 Å². The van der Waals surface area contributed by atoms with E-state index in [1.54, 1.807) is 0 Å². The first-order chi connectivity index (χ1) is 8.58. The smallest absolute Gasteiger partial charge is 0.222 e. The van der Waals surface area contributed by atoms with E-state index in [2.05, 4.69) is 9.68 Å². The minimum atomic E-state index is -0.868. The topological polar surface area (TPSA) is 70.5 Å².